The van der Waals surface area contributed by atoms with Gasteiger partial charge in [0.25, 0.3) is 0 Å². The minimum absolute atomic E-state index is 0.0736. The molecule has 0 atom stereocenters. The lowest BCUT2D eigenvalue weighted by molar-refractivity contribution is -0.129. The molecule has 0 aliphatic heterocycles. The maximum Gasteiger partial charge on any atom is 0.246 e. The van der Waals surface area contributed by atoms with E-state index in [0.717, 1.165) is 10.8 Å². The van der Waals surface area contributed by atoms with Gasteiger partial charge in [0.15, 0.2) is 0 Å². The third-order valence-corrected chi connectivity index (χ3v) is 4.11. The standard InChI is InChI=1S/C22H19FN2O2/c1-25(22(27)14-11-16-9-12-18(23)13-10-16)15-21(26)24-20-8-4-6-17-5-2-3-7-19(17)20/h2-14H,15H2,1H3,(H,24,26). The second kappa shape index (κ2) is 8.27. The maximum atomic E-state index is 12.9. The molecule has 1 N–H and O–H groups in total. The third kappa shape index (κ3) is 4.79. The first kappa shape index (κ1) is 18.3. The van der Waals surface area contributed by atoms with E-state index < -0.39 is 0 Å². The Morgan fingerprint density at radius 3 is 2.48 bits per heavy atom. The zero-order valence-electron chi connectivity index (χ0n) is 14.9. The summed E-state index contributed by atoms with van der Waals surface area (Å²) in [6, 6.07) is 19.2. The predicted molar refractivity (Wildman–Crippen MR) is 106 cm³/mol. The number of fused-ring (bicyclic) bond motifs is 1. The van der Waals surface area contributed by atoms with Crippen LogP contribution < -0.4 is 5.32 Å². The Balaban J connectivity index is 1.61. The average Bonchev–Trinajstić information content (AvgIpc) is 2.67. The number of hydrogen-bond donors (Lipinski definition) is 1. The number of halogens is 1. The normalized spacial score (nSPS) is 10.9. The van der Waals surface area contributed by atoms with E-state index in [1.807, 2.05) is 42.5 Å². The zero-order valence-corrected chi connectivity index (χ0v) is 14.9. The number of carbonyl (C=O) groups excluding carboxylic acids is 2. The van der Waals surface area contributed by atoms with E-state index in [2.05, 4.69) is 5.32 Å². The van der Waals surface area contributed by atoms with Crippen molar-refractivity contribution in [3.8, 4) is 0 Å². The van der Waals surface area contributed by atoms with Crippen LogP contribution in [0, 0.1) is 5.82 Å². The molecule has 0 fully saturated rings. The van der Waals surface area contributed by atoms with Crippen LogP contribution in [0.3, 0.4) is 0 Å². The van der Waals surface area contributed by atoms with Crippen molar-refractivity contribution >= 4 is 34.4 Å². The van der Waals surface area contributed by atoms with Crippen LogP contribution in [-0.4, -0.2) is 30.3 Å². The van der Waals surface area contributed by atoms with Crippen LogP contribution >= 0.6 is 0 Å². The molecule has 0 unspecified atom stereocenters. The Bertz CT molecular complexity index is 991. The lowest BCUT2D eigenvalue weighted by Crippen LogP contribution is -2.33. The fourth-order valence-electron chi connectivity index (χ4n) is 2.69. The van der Waals surface area contributed by atoms with Gasteiger partial charge >= 0.3 is 0 Å². The van der Waals surface area contributed by atoms with Crippen LogP contribution in [0.25, 0.3) is 16.8 Å². The van der Waals surface area contributed by atoms with Crippen molar-refractivity contribution in [3.05, 3.63) is 84.2 Å². The smallest absolute Gasteiger partial charge is 0.246 e. The Morgan fingerprint density at radius 2 is 1.70 bits per heavy atom. The molecule has 2 amide bonds. The van der Waals surface area contributed by atoms with Crippen molar-refractivity contribution in [2.45, 2.75) is 0 Å². The monoisotopic (exact) mass is 362 g/mol. The first-order chi connectivity index (χ1) is 13.0. The van der Waals surface area contributed by atoms with Crippen LogP contribution in [0.2, 0.25) is 0 Å². The molecular formula is C22H19FN2O2. The number of rotatable bonds is 5. The predicted octanol–water partition coefficient (Wildman–Crippen LogP) is 4.09. The second-order valence-electron chi connectivity index (χ2n) is 6.15. The molecular weight excluding hydrogens is 343 g/mol. The Hall–Kier alpha value is -3.47. The molecule has 0 heterocycles. The first-order valence-electron chi connectivity index (χ1n) is 8.49. The van der Waals surface area contributed by atoms with Gasteiger partial charge in [-0.25, -0.2) is 4.39 Å². The van der Waals surface area contributed by atoms with E-state index in [0.29, 0.717) is 11.3 Å². The van der Waals surface area contributed by atoms with E-state index in [1.54, 1.807) is 25.3 Å². The number of anilines is 1. The quantitative estimate of drug-likeness (QED) is 0.695. The van der Waals surface area contributed by atoms with Crippen molar-refractivity contribution < 1.29 is 14.0 Å². The Kier molecular flexibility index (Phi) is 5.61. The van der Waals surface area contributed by atoms with Gasteiger partial charge in [-0.05, 0) is 35.2 Å². The highest BCUT2D eigenvalue weighted by molar-refractivity contribution is 6.04. The van der Waals surface area contributed by atoms with Gasteiger partial charge in [0, 0.05) is 24.2 Å². The van der Waals surface area contributed by atoms with Crippen molar-refractivity contribution in [1.82, 2.24) is 4.90 Å². The number of likely N-dealkylation sites (N-methyl/N-ethyl adjacent to an activating group) is 1. The molecule has 0 saturated heterocycles. The van der Waals surface area contributed by atoms with Gasteiger partial charge in [-0.2, -0.15) is 0 Å². The summed E-state index contributed by atoms with van der Waals surface area (Å²) in [6.07, 6.45) is 2.94. The van der Waals surface area contributed by atoms with Crippen molar-refractivity contribution in [1.29, 1.82) is 0 Å². The summed E-state index contributed by atoms with van der Waals surface area (Å²) in [5.74, 6) is -0.925. The molecule has 0 spiro atoms. The summed E-state index contributed by atoms with van der Waals surface area (Å²) in [5.41, 5.74) is 1.42. The van der Waals surface area contributed by atoms with E-state index >= 15 is 0 Å². The summed E-state index contributed by atoms with van der Waals surface area (Å²) >= 11 is 0. The molecule has 4 nitrogen and oxygen atoms in total. The van der Waals surface area contributed by atoms with Gasteiger partial charge in [0.05, 0.1) is 6.54 Å². The number of carbonyl (C=O) groups is 2. The second-order valence-corrected chi connectivity index (χ2v) is 6.15. The van der Waals surface area contributed by atoms with E-state index in [1.165, 1.54) is 23.1 Å². The number of amides is 2. The minimum atomic E-state index is -0.333. The Labute approximate surface area is 156 Å². The summed E-state index contributed by atoms with van der Waals surface area (Å²) in [4.78, 5) is 25.8. The number of hydrogen-bond acceptors (Lipinski definition) is 2. The molecule has 0 aliphatic carbocycles. The van der Waals surface area contributed by atoms with E-state index in [-0.39, 0.29) is 24.2 Å². The number of nitrogens with one attached hydrogen (secondary N) is 1. The van der Waals surface area contributed by atoms with Crippen molar-refractivity contribution in [2.24, 2.45) is 0 Å². The molecule has 3 aromatic rings. The molecule has 3 aromatic carbocycles. The van der Waals surface area contributed by atoms with Gasteiger partial charge < -0.3 is 10.2 Å². The molecule has 0 aliphatic rings. The van der Waals surface area contributed by atoms with Crippen LogP contribution in [-0.2, 0) is 9.59 Å². The molecule has 0 saturated carbocycles. The van der Waals surface area contributed by atoms with Gasteiger partial charge in [-0.1, -0.05) is 48.5 Å². The molecule has 136 valence electrons. The van der Waals surface area contributed by atoms with Gasteiger partial charge in [0.2, 0.25) is 11.8 Å². The van der Waals surface area contributed by atoms with Crippen LogP contribution in [0.5, 0.6) is 0 Å². The van der Waals surface area contributed by atoms with Gasteiger partial charge in [-0.15, -0.1) is 0 Å². The van der Waals surface area contributed by atoms with Crippen molar-refractivity contribution in [2.75, 3.05) is 18.9 Å². The highest BCUT2D eigenvalue weighted by Crippen LogP contribution is 2.22. The third-order valence-electron chi connectivity index (χ3n) is 4.11. The SMILES string of the molecule is CN(CC(=O)Nc1cccc2ccccc12)C(=O)C=Cc1ccc(F)cc1. The summed E-state index contributed by atoms with van der Waals surface area (Å²) in [6.45, 7) is -0.0736. The van der Waals surface area contributed by atoms with Crippen LogP contribution in [0.1, 0.15) is 5.56 Å². The molecule has 0 bridgehead atoms. The lowest BCUT2D eigenvalue weighted by Gasteiger charge is -2.15. The van der Waals surface area contributed by atoms with Gasteiger partial charge in [-0.3, -0.25) is 9.59 Å². The highest BCUT2D eigenvalue weighted by Gasteiger charge is 2.11. The minimum Gasteiger partial charge on any atom is -0.333 e. The zero-order chi connectivity index (χ0) is 19.2. The highest BCUT2D eigenvalue weighted by atomic mass is 19.1. The molecule has 0 aromatic heterocycles. The largest absolute Gasteiger partial charge is 0.333 e. The number of benzene rings is 3. The van der Waals surface area contributed by atoms with Crippen LogP contribution in [0.4, 0.5) is 10.1 Å². The first-order valence-corrected chi connectivity index (χ1v) is 8.49. The maximum absolute atomic E-state index is 12.9. The average molecular weight is 362 g/mol. The lowest BCUT2D eigenvalue weighted by atomic mass is 10.1. The fraction of sp³-hybridized carbons (Fsp3) is 0.0909. The molecule has 3 rings (SSSR count). The summed E-state index contributed by atoms with van der Waals surface area (Å²) < 4.78 is 12.9. The number of nitrogens with zero attached hydrogens (tertiary/aromatic N) is 1. The van der Waals surface area contributed by atoms with E-state index in [9.17, 15) is 14.0 Å². The van der Waals surface area contributed by atoms with Gasteiger partial charge in [0.1, 0.15) is 5.82 Å². The topological polar surface area (TPSA) is 49.4 Å². The molecule has 5 heteroatoms. The summed E-state index contributed by atoms with van der Waals surface area (Å²) in [7, 11) is 1.56. The molecule has 0 radical (unpaired) electrons. The molecule has 27 heavy (non-hydrogen) atoms. The van der Waals surface area contributed by atoms with E-state index in [4.69, 9.17) is 0 Å². The summed E-state index contributed by atoms with van der Waals surface area (Å²) in [5, 5.41) is 4.82. The van der Waals surface area contributed by atoms with Crippen molar-refractivity contribution in [3.63, 3.8) is 0 Å². The Morgan fingerprint density at radius 1 is 1.00 bits per heavy atom. The fourth-order valence-corrected chi connectivity index (χ4v) is 2.69. The van der Waals surface area contributed by atoms with Crippen LogP contribution in [0.15, 0.2) is 72.8 Å².